The number of hydrogen-bond donors (Lipinski definition) is 1. The van der Waals surface area contributed by atoms with E-state index >= 15 is 0 Å². The third-order valence-corrected chi connectivity index (χ3v) is 3.56. The summed E-state index contributed by atoms with van der Waals surface area (Å²) in [5.41, 5.74) is 0.489. The Hall–Kier alpha value is -1.43. The first kappa shape index (κ1) is 14.0. The van der Waals surface area contributed by atoms with E-state index in [1.807, 2.05) is 0 Å². The van der Waals surface area contributed by atoms with Gasteiger partial charge in [-0.3, -0.25) is 9.59 Å². The molecule has 0 radical (unpaired) electrons. The van der Waals surface area contributed by atoms with E-state index in [0.29, 0.717) is 10.2 Å². The number of carbonyl (C=O) groups is 2. The number of nitrogens with one attached hydrogen (secondary N) is 1. The van der Waals surface area contributed by atoms with Gasteiger partial charge in [-0.05, 0) is 47.8 Å². The van der Waals surface area contributed by atoms with Gasteiger partial charge in [0.25, 0.3) is 5.91 Å². The quantitative estimate of drug-likeness (QED) is 0.858. The Bertz CT molecular complexity index is 487. The average molecular weight is 326 g/mol. The van der Waals surface area contributed by atoms with E-state index in [2.05, 4.69) is 26.2 Å². The van der Waals surface area contributed by atoms with Gasteiger partial charge in [0.1, 0.15) is 10.6 Å². The van der Waals surface area contributed by atoms with Crippen molar-refractivity contribution in [2.45, 2.75) is 25.8 Å². The molecule has 0 spiro atoms. The minimum atomic E-state index is -0.502. The molecule has 1 aliphatic heterocycles. The molecule has 1 atom stereocenters. The van der Waals surface area contributed by atoms with E-state index in [-0.39, 0.29) is 11.8 Å². The Labute approximate surface area is 120 Å². The van der Waals surface area contributed by atoms with Crippen LogP contribution in [0.3, 0.4) is 0 Å². The number of likely N-dealkylation sites (tertiary alicyclic amines) is 1. The highest BCUT2D eigenvalue weighted by molar-refractivity contribution is 9.10. The fraction of sp³-hybridized carbons (Fsp3) is 0.462. The monoisotopic (exact) mass is 325 g/mol. The zero-order chi connectivity index (χ0) is 13.8. The van der Waals surface area contributed by atoms with Crippen molar-refractivity contribution in [3.05, 3.63) is 28.5 Å². The maximum absolute atomic E-state index is 12.1. The minimum Gasteiger partial charge on any atom is -0.341 e. The first-order valence-electron chi connectivity index (χ1n) is 6.29. The predicted octanol–water partition coefficient (Wildman–Crippen LogP) is 1.58. The van der Waals surface area contributed by atoms with E-state index in [4.69, 9.17) is 0 Å². The lowest BCUT2D eigenvalue weighted by Crippen LogP contribution is -2.45. The normalized spacial score (nSPS) is 16.2. The first-order valence-corrected chi connectivity index (χ1v) is 7.08. The van der Waals surface area contributed by atoms with Crippen LogP contribution in [0.15, 0.2) is 22.9 Å². The first-order chi connectivity index (χ1) is 9.08. The summed E-state index contributed by atoms with van der Waals surface area (Å²) in [6, 6.07) is 2.74. The van der Waals surface area contributed by atoms with Crippen molar-refractivity contribution in [2.75, 3.05) is 13.1 Å². The Morgan fingerprint density at radius 2 is 2.11 bits per heavy atom. The number of amides is 2. The Kier molecular flexibility index (Phi) is 4.52. The fourth-order valence-corrected chi connectivity index (χ4v) is 2.46. The van der Waals surface area contributed by atoms with Gasteiger partial charge < -0.3 is 10.2 Å². The van der Waals surface area contributed by atoms with Crippen LogP contribution in [0, 0.1) is 0 Å². The second-order valence-corrected chi connectivity index (χ2v) is 5.41. The molecule has 0 bridgehead atoms. The van der Waals surface area contributed by atoms with Crippen molar-refractivity contribution in [3.63, 3.8) is 0 Å². The number of aromatic nitrogens is 1. The lowest BCUT2D eigenvalue weighted by Gasteiger charge is -2.21. The van der Waals surface area contributed by atoms with Gasteiger partial charge in [0.15, 0.2) is 0 Å². The molecule has 0 aromatic carbocycles. The van der Waals surface area contributed by atoms with E-state index in [9.17, 15) is 9.59 Å². The number of carbonyl (C=O) groups excluding carboxylic acids is 2. The standard InChI is InChI=1S/C13H16BrN3O2/c1-9(13(19)17-6-2-3-7-17)16-12(18)10-4-5-15-11(14)8-10/h4-5,8-9H,2-3,6-7H2,1H3,(H,16,18). The van der Waals surface area contributed by atoms with Crippen molar-refractivity contribution in [1.29, 1.82) is 0 Å². The summed E-state index contributed by atoms with van der Waals surface area (Å²) in [7, 11) is 0. The highest BCUT2D eigenvalue weighted by Gasteiger charge is 2.24. The van der Waals surface area contributed by atoms with Gasteiger partial charge in [0.2, 0.25) is 5.91 Å². The molecule has 2 amide bonds. The molecule has 5 nitrogen and oxygen atoms in total. The molecule has 1 N–H and O–H groups in total. The van der Waals surface area contributed by atoms with Crippen molar-refractivity contribution in [3.8, 4) is 0 Å². The van der Waals surface area contributed by atoms with E-state index in [1.165, 1.54) is 0 Å². The molecule has 1 unspecified atom stereocenters. The zero-order valence-corrected chi connectivity index (χ0v) is 12.3. The maximum Gasteiger partial charge on any atom is 0.252 e. The maximum atomic E-state index is 12.1. The molecule has 1 aromatic heterocycles. The number of nitrogens with zero attached hydrogens (tertiary/aromatic N) is 2. The Morgan fingerprint density at radius 1 is 1.42 bits per heavy atom. The van der Waals surface area contributed by atoms with E-state index in [0.717, 1.165) is 25.9 Å². The number of halogens is 1. The largest absolute Gasteiger partial charge is 0.341 e. The zero-order valence-electron chi connectivity index (χ0n) is 10.7. The Morgan fingerprint density at radius 3 is 2.74 bits per heavy atom. The van der Waals surface area contributed by atoms with Gasteiger partial charge in [0.05, 0.1) is 0 Å². The molecule has 1 aromatic rings. The SMILES string of the molecule is CC(NC(=O)c1ccnc(Br)c1)C(=O)N1CCCC1. The lowest BCUT2D eigenvalue weighted by atomic mass is 10.2. The highest BCUT2D eigenvalue weighted by Crippen LogP contribution is 2.10. The van der Waals surface area contributed by atoms with Crippen LogP contribution in [0.5, 0.6) is 0 Å². The summed E-state index contributed by atoms with van der Waals surface area (Å²) in [5, 5.41) is 2.72. The van der Waals surface area contributed by atoms with Gasteiger partial charge in [-0.1, -0.05) is 0 Å². The number of rotatable bonds is 3. The molecule has 2 rings (SSSR count). The van der Waals surface area contributed by atoms with E-state index in [1.54, 1.807) is 30.2 Å². The molecule has 0 aliphatic carbocycles. The molecular weight excluding hydrogens is 310 g/mol. The minimum absolute atomic E-state index is 0.0148. The summed E-state index contributed by atoms with van der Waals surface area (Å²) in [6.45, 7) is 3.30. The average Bonchev–Trinajstić information content (AvgIpc) is 2.91. The van der Waals surface area contributed by atoms with Gasteiger partial charge in [-0.15, -0.1) is 0 Å². The van der Waals surface area contributed by atoms with Crippen LogP contribution in [0.2, 0.25) is 0 Å². The fourth-order valence-electron chi connectivity index (χ4n) is 2.10. The highest BCUT2D eigenvalue weighted by atomic mass is 79.9. The smallest absolute Gasteiger partial charge is 0.252 e. The van der Waals surface area contributed by atoms with Crippen molar-refractivity contribution >= 4 is 27.7 Å². The van der Waals surface area contributed by atoms with Crippen molar-refractivity contribution in [1.82, 2.24) is 15.2 Å². The molecule has 1 saturated heterocycles. The summed E-state index contributed by atoms with van der Waals surface area (Å²) >= 11 is 3.21. The summed E-state index contributed by atoms with van der Waals surface area (Å²) in [6.07, 6.45) is 3.64. The molecule has 102 valence electrons. The van der Waals surface area contributed by atoms with Crippen LogP contribution in [0.4, 0.5) is 0 Å². The summed E-state index contributed by atoms with van der Waals surface area (Å²) in [5.74, 6) is -0.276. The van der Waals surface area contributed by atoms with Crippen LogP contribution in [-0.4, -0.2) is 40.8 Å². The number of hydrogen-bond acceptors (Lipinski definition) is 3. The molecule has 2 heterocycles. The molecule has 6 heteroatoms. The van der Waals surface area contributed by atoms with Crippen LogP contribution in [-0.2, 0) is 4.79 Å². The second-order valence-electron chi connectivity index (χ2n) is 4.59. The van der Waals surface area contributed by atoms with Crippen molar-refractivity contribution < 1.29 is 9.59 Å². The van der Waals surface area contributed by atoms with Gasteiger partial charge in [-0.25, -0.2) is 4.98 Å². The van der Waals surface area contributed by atoms with Crippen LogP contribution >= 0.6 is 15.9 Å². The summed E-state index contributed by atoms with van der Waals surface area (Å²) in [4.78, 5) is 29.8. The topological polar surface area (TPSA) is 62.3 Å². The molecular formula is C13H16BrN3O2. The van der Waals surface area contributed by atoms with Crippen LogP contribution in [0.25, 0.3) is 0 Å². The van der Waals surface area contributed by atoms with Gasteiger partial charge in [-0.2, -0.15) is 0 Å². The van der Waals surface area contributed by atoms with Crippen LogP contribution < -0.4 is 5.32 Å². The van der Waals surface area contributed by atoms with Gasteiger partial charge in [0, 0.05) is 24.8 Å². The molecule has 0 saturated carbocycles. The predicted molar refractivity (Wildman–Crippen MR) is 74.7 cm³/mol. The second kappa shape index (κ2) is 6.14. The third kappa shape index (κ3) is 3.53. The van der Waals surface area contributed by atoms with E-state index < -0.39 is 6.04 Å². The number of pyridine rings is 1. The Balaban J connectivity index is 1.96. The molecule has 1 fully saturated rings. The summed E-state index contributed by atoms with van der Waals surface area (Å²) < 4.78 is 0.596. The van der Waals surface area contributed by atoms with Crippen LogP contribution in [0.1, 0.15) is 30.1 Å². The lowest BCUT2D eigenvalue weighted by molar-refractivity contribution is -0.131. The van der Waals surface area contributed by atoms with Crippen molar-refractivity contribution in [2.24, 2.45) is 0 Å². The van der Waals surface area contributed by atoms with Gasteiger partial charge >= 0.3 is 0 Å². The third-order valence-electron chi connectivity index (χ3n) is 3.12. The molecule has 1 aliphatic rings. The molecule has 19 heavy (non-hydrogen) atoms.